The van der Waals surface area contributed by atoms with Crippen LogP contribution in [0.25, 0.3) is 5.69 Å². The van der Waals surface area contributed by atoms with Gasteiger partial charge in [0, 0.05) is 23.8 Å². The molecule has 140 valence electrons. The van der Waals surface area contributed by atoms with Crippen LogP contribution in [0.15, 0.2) is 71.9 Å². The molecule has 3 heterocycles. The summed E-state index contributed by atoms with van der Waals surface area (Å²) in [4.78, 5) is 29.3. The molecule has 0 atom stereocenters. The molecule has 4 rings (SSSR count). The molecule has 0 unspecified atom stereocenters. The van der Waals surface area contributed by atoms with Crippen molar-refractivity contribution in [1.29, 1.82) is 0 Å². The highest BCUT2D eigenvalue weighted by Crippen LogP contribution is 2.28. The summed E-state index contributed by atoms with van der Waals surface area (Å²) in [5, 5.41) is 6.21. The lowest BCUT2D eigenvalue weighted by atomic mass is 10.2. The minimum absolute atomic E-state index is 0.218. The van der Waals surface area contributed by atoms with Crippen LogP contribution in [-0.4, -0.2) is 21.4 Å². The fourth-order valence-electron chi connectivity index (χ4n) is 2.67. The minimum atomic E-state index is -0.353. The summed E-state index contributed by atoms with van der Waals surface area (Å²) < 4.78 is 6.95. The lowest BCUT2D eigenvalue weighted by Gasteiger charge is -2.06. The Hall–Kier alpha value is -3.65. The van der Waals surface area contributed by atoms with Gasteiger partial charge in [0.05, 0.1) is 22.5 Å². The number of amides is 2. The van der Waals surface area contributed by atoms with Gasteiger partial charge in [0.25, 0.3) is 11.8 Å². The zero-order chi connectivity index (χ0) is 19.5. The number of aromatic nitrogens is 2. The van der Waals surface area contributed by atoms with Crippen molar-refractivity contribution in [2.45, 2.75) is 6.92 Å². The number of rotatable bonds is 5. The van der Waals surface area contributed by atoms with Crippen LogP contribution in [0.4, 0.5) is 10.7 Å². The maximum atomic E-state index is 12.6. The summed E-state index contributed by atoms with van der Waals surface area (Å²) in [5.41, 5.74) is 2.42. The fourth-order valence-corrected chi connectivity index (χ4v) is 3.63. The van der Waals surface area contributed by atoms with Crippen LogP contribution in [0.2, 0.25) is 0 Å². The second-order valence-electron chi connectivity index (χ2n) is 6.03. The van der Waals surface area contributed by atoms with E-state index in [0.29, 0.717) is 15.6 Å². The maximum absolute atomic E-state index is 12.6. The van der Waals surface area contributed by atoms with Crippen LogP contribution in [0.1, 0.15) is 25.8 Å². The van der Waals surface area contributed by atoms with E-state index in [1.54, 1.807) is 30.7 Å². The van der Waals surface area contributed by atoms with Crippen molar-refractivity contribution in [2.24, 2.45) is 0 Å². The monoisotopic (exact) mass is 392 g/mol. The summed E-state index contributed by atoms with van der Waals surface area (Å²) >= 11 is 1.22. The fraction of sp³-hybridized carbons (Fsp3) is 0.0500. The number of thiophene rings is 1. The van der Waals surface area contributed by atoms with Gasteiger partial charge in [-0.05, 0) is 55.0 Å². The molecule has 0 spiro atoms. The van der Waals surface area contributed by atoms with Gasteiger partial charge >= 0.3 is 0 Å². The van der Waals surface area contributed by atoms with E-state index in [0.717, 1.165) is 11.3 Å². The summed E-state index contributed by atoms with van der Waals surface area (Å²) in [6, 6.07) is 12.4. The molecule has 0 aliphatic heterocycles. The van der Waals surface area contributed by atoms with E-state index in [2.05, 4.69) is 15.6 Å². The van der Waals surface area contributed by atoms with E-state index in [4.69, 9.17) is 4.42 Å². The number of nitrogens with zero attached hydrogens (tertiary/aromatic N) is 2. The first-order chi connectivity index (χ1) is 13.6. The topological polar surface area (TPSA) is 89.2 Å². The highest BCUT2D eigenvalue weighted by Gasteiger charge is 2.16. The first kappa shape index (κ1) is 17.7. The number of anilines is 2. The van der Waals surface area contributed by atoms with Crippen molar-refractivity contribution in [3.05, 3.63) is 83.6 Å². The van der Waals surface area contributed by atoms with Crippen LogP contribution in [-0.2, 0) is 0 Å². The van der Waals surface area contributed by atoms with Crippen LogP contribution < -0.4 is 10.6 Å². The molecule has 28 heavy (non-hydrogen) atoms. The molecule has 0 aliphatic carbocycles. The zero-order valence-electron chi connectivity index (χ0n) is 14.9. The van der Waals surface area contributed by atoms with E-state index in [9.17, 15) is 9.59 Å². The number of hydrogen-bond donors (Lipinski definition) is 2. The number of imidazole rings is 1. The smallest absolute Gasteiger partial charge is 0.291 e. The Morgan fingerprint density at radius 3 is 2.61 bits per heavy atom. The molecule has 8 heteroatoms. The molecule has 4 aromatic rings. The van der Waals surface area contributed by atoms with Gasteiger partial charge in [0.15, 0.2) is 5.76 Å². The van der Waals surface area contributed by atoms with Crippen molar-refractivity contribution >= 4 is 33.8 Å². The lowest BCUT2D eigenvalue weighted by molar-refractivity contribution is 0.0995. The molecule has 2 N–H and O–H groups in total. The molecule has 0 saturated heterocycles. The summed E-state index contributed by atoms with van der Waals surface area (Å²) in [6.45, 7) is 1.83. The van der Waals surface area contributed by atoms with E-state index in [1.165, 1.54) is 17.6 Å². The number of carbonyl (C=O) groups is 2. The predicted molar refractivity (Wildman–Crippen MR) is 107 cm³/mol. The highest BCUT2D eigenvalue weighted by atomic mass is 32.1. The molecule has 3 aromatic heterocycles. The molecule has 1 aromatic carbocycles. The Morgan fingerprint density at radius 1 is 1.11 bits per heavy atom. The second-order valence-corrected chi connectivity index (χ2v) is 7.08. The number of nitrogens with one attached hydrogen (secondary N) is 2. The average molecular weight is 392 g/mol. The molecule has 0 aliphatic rings. The number of benzene rings is 1. The van der Waals surface area contributed by atoms with Crippen molar-refractivity contribution in [1.82, 2.24) is 9.55 Å². The Morgan fingerprint density at radius 2 is 1.93 bits per heavy atom. The van der Waals surface area contributed by atoms with Gasteiger partial charge in [-0.1, -0.05) is 0 Å². The van der Waals surface area contributed by atoms with E-state index in [1.807, 2.05) is 42.0 Å². The number of hydrogen-bond acceptors (Lipinski definition) is 5. The summed E-state index contributed by atoms with van der Waals surface area (Å²) in [7, 11) is 0. The van der Waals surface area contributed by atoms with Gasteiger partial charge in [-0.3, -0.25) is 9.59 Å². The molecule has 0 radical (unpaired) electrons. The van der Waals surface area contributed by atoms with Gasteiger partial charge in [0.1, 0.15) is 0 Å². The van der Waals surface area contributed by atoms with Crippen LogP contribution in [0.3, 0.4) is 0 Å². The van der Waals surface area contributed by atoms with Crippen molar-refractivity contribution in [2.75, 3.05) is 10.6 Å². The Kier molecular flexibility index (Phi) is 4.77. The predicted octanol–water partition coefficient (Wildman–Crippen LogP) is 4.34. The van der Waals surface area contributed by atoms with Gasteiger partial charge in [-0.2, -0.15) is 0 Å². The third kappa shape index (κ3) is 3.72. The van der Waals surface area contributed by atoms with Crippen molar-refractivity contribution < 1.29 is 14.0 Å². The lowest BCUT2D eigenvalue weighted by Crippen LogP contribution is -2.11. The van der Waals surface area contributed by atoms with Crippen LogP contribution in [0.5, 0.6) is 0 Å². The summed E-state index contributed by atoms with van der Waals surface area (Å²) in [6.07, 6.45) is 6.70. The molecule has 0 bridgehead atoms. The quantitative estimate of drug-likeness (QED) is 0.529. The summed E-state index contributed by atoms with van der Waals surface area (Å²) in [5.74, 6) is -0.361. The number of furan rings is 1. The van der Waals surface area contributed by atoms with E-state index < -0.39 is 0 Å². The molecule has 0 fully saturated rings. The maximum Gasteiger partial charge on any atom is 0.291 e. The second kappa shape index (κ2) is 7.53. The SMILES string of the molecule is Cc1cc(NC(=O)c2ccco2)sc1C(=O)Nc1ccc(-n2ccnc2)cc1. The minimum Gasteiger partial charge on any atom is -0.459 e. The first-order valence-electron chi connectivity index (χ1n) is 8.45. The zero-order valence-corrected chi connectivity index (χ0v) is 15.7. The van der Waals surface area contributed by atoms with E-state index in [-0.39, 0.29) is 17.6 Å². The number of aryl methyl sites for hydroxylation is 1. The van der Waals surface area contributed by atoms with Gasteiger partial charge in [-0.25, -0.2) is 4.98 Å². The molecule has 7 nitrogen and oxygen atoms in total. The van der Waals surface area contributed by atoms with Crippen LogP contribution in [0, 0.1) is 6.92 Å². The van der Waals surface area contributed by atoms with Crippen molar-refractivity contribution in [3.8, 4) is 5.69 Å². The third-order valence-electron chi connectivity index (χ3n) is 4.03. The molecule has 0 saturated carbocycles. The molecule has 2 amide bonds. The molecular formula is C20H16N4O3S. The Bertz CT molecular complexity index is 1100. The van der Waals surface area contributed by atoms with Crippen molar-refractivity contribution in [3.63, 3.8) is 0 Å². The third-order valence-corrected chi connectivity index (χ3v) is 5.18. The average Bonchev–Trinajstić information content (AvgIpc) is 3.44. The number of carbonyl (C=O) groups excluding carboxylic acids is 2. The highest BCUT2D eigenvalue weighted by molar-refractivity contribution is 7.18. The van der Waals surface area contributed by atoms with Crippen LogP contribution >= 0.6 is 11.3 Å². The van der Waals surface area contributed by atoms with Gasteiger partial charge in [-0.15, -0.1) is 11.3 Å². The largest absolute Gasteiger partial charge is 0.459 e. The van der Waals surface area contributed by atoms with Gasteiger partial charge < -0.3 is 19.6 Å². The normalized spacial score (nSPS) is 10.6. The first-order valence-corrected chi connectivity index (χ1v) is 9.27. The van der Waals surface area contributed by atoms with Gasteiger partial charge in [0.2, 0.25) is 0 Å². The van der Waals surface area contributed by atoms with E-state index >= 15 is 0 Å². The Balaban J connectivity index is 1.45. The standard InChI is InChI=1S/C20H16N4O3S/c1-13-11-17(23-19(25)16-3-2-10-27-16)28-18(13)20(26)22-14-4-6-15(7-5-14)24-9-8-21-12-24/h2-12H,1H3,(H,22,26)(H,23,25). The molecular weight excluding hydrogens is 376 g/mol. The Labute approximate surface area is 164 Å².